The number of aromatic nitrogens is 1. The van der Waals surface area contributed by atoms with Crippen LogP contribution in [0.4, 0.5) is 9.18 Å². The Balaban J connectivity index is 1.61. The molecule has 4 rings (SSSR count). The summed E-state index contributed by atoms with van der Waals surface area (Å²) in [5.74, 6) is 0.226. The lowest BCUT2D eigenvalue weighted by atomic mass is 9.97. The summed E-state index contributed by atoms with van der Waals surface area (Å²) in [6, 6.07) is 17.1. The largest absolute Gasteiger partial charge is 0.489 e. The third-order valence-electron chi connectivity index (χ3n) is 6.47. The molecule has 244 valence electrons. The van der Waals surface area contributed by atoms with Crippen LogP contribution in [0.3, 0.4) is 0 Å². The van der Waals surface area contributed by atoms with Gasteiger partial charge in [-0.25, -0.2) is 14.2 Å². The van der Waals surface area contributed by atoms with E-state index in [2.05, 4.69) is 10.3 Å². The van der Waals surface area contributed by atoms with Crippen LogP contribution in [-0.2, 0) is 33.9 Å². The number of carbonyl (C=O) groups excluding carboxylic acids is 2. The summed E-state index contributed by atoms with van der Waals surface area (Å²) in [5.41, 5.74) is 1.35. The van der Waals surface area contributed by atoms with Crippen LogP contribution in [0, 0.1) is 5.82 Å². The number of nitrogens with zero attached hydrogens (tertiary/aromatic N) is 1. The minimum absolute atomic E-state index is 0.0587. The van der Waals surface area contributed by atoms with E-state index in [0.29, 0.717) is 33.8 Å². The van der Waals surface area contributed by atoms with Gasteiger partial charge in [0.1, 0.15) is 46.7 Å². The second-order valence-corrected chi connectivity index (χ2v) is 13.8. The summed E-state index contributed by atoms with van der Waals surface area (Å²) in [4.78, 5) is 29.2. The van der Waals surface area contributed by atoms with Gasteiger partial charge in [0.25, 0.3) is 0 Å². The fourth-order valence-electron chi connectivity index (χ4n) is 4.61. The number of hydrogen-bond acceptors (Lipinski definition) is 8. The van der Waals surface area contributed by atoms with Gasteiger partial charge in [-0.1, -0.05) is 36.4 Å². The summed E-state index contributed by atoms with van der Waals surface area (Å²) in [7, 11) is 0. The molecule has 0 spiro atoms. The van der Waals surface area contributed by atoms with Crippen LogP contribution < -0.4 is 14.8 Å². The molecule has 1 N–H and O–H groups in total. The normalized spacial score (nSPS) is 12.3. The molecule has 1 aromatic heterocycles. The standard InChI is InChI=1S/C36H41FN2O6S/c1-23(39-34(41)45-36(5,6)7)28-12-10-13-29(33(28)37)26-17-24(18-27(19-26)42-22-31-38-15-16-46-31)21-43-30-14-9-8-11-25(30)20-32(40)44-35(2,3)4/h8-19,23H,20-22H2,1-7H3,(H,39,41). The van der Waals surface area contributed by atoms with Crippen LogP contribution in [0.25, 0.3) is 11.1 Å². The van der Waals surface area contributed by atoms with Crippen molar-refractivity contribution in [2.75, 3.05) is 0 Å². The van der Waals surface area contributed by atoms with Gasteiger partial charge in [0.2, 0.25) is 0 Å². The molecule has 0 fully saturated rings. The molecule has 0 saturated heterocycles. The Bertz CT molecular complexity index is 1640. The fourth-order valence-corrected chi connectivity index (χ4v) is 5.13. The number of halogens is 1. The molecular formula is C36H41FN2O6S. The van der Waals surface area contributed by atoms with Crippen molar-refractivity contribution in [1.29, 1.82) is 0 Å². The van der Waals surface area contributed by atoms with Gasteiger partial charge in [-0.15, -0.1) is 11.3 Å². The van der Waals surface area contributed by atoms with E-state index in [4.69, 9.17) is 18.9 Å². The lowest BCUT2D eigenvalue weighted by molar-refractivity contribution is -0.153. The van der Waals surface area contributed by atoms with Crippen LogP contribution in [0.2, 0.25) is 0 Å². The minimum atomic E-state index is -0.683. The van der Waals surface area contributed by atoms with Crippen molar-refractivity contribution in [3.8, 4) is 22.6 Å². The van der Waals surface area contributed by atoms with Gasteiger partial charge in [0.15, 0.2) is 0 Å². The van der Waals surface area contributed by atoms with E-state index in [1.54, 1.807) is 64.2 Å². The maximum Gasteiger partial charge on any atom is 0.408 e. The molecule has 0 aliphatic heterocycles. The molecule has 8 nitrogen and oxygen atoms in total. The molecule has 1 atom stereocenters. The number of rotatable bonds is 11. The smallest absolute Gasteiger partial charge is 0.408 e. The third kappa shape index (κ3) is 10.3. The second-order valence-electron chi connectivity index (χ2n) is 12.8. The van der Waals surface area contributed by atoms with Crippen LogP contribution in [-0.4, -0.2) is 28.2 Å². The Hall–Kier alpha value is -4.44. The molecule has 1 amide bonds. The average Bonchev–Trinajstić information content (AvgIpc) is 3.47. The molecular weight excluding hydrogens is 607 g/mol. The lowest BCUT2D eigenvalue weighted by Crippen LogP contribution is -2.34. The molecule has 4 aromatic rings. The third-order valence-corrected chi connectivity index (χ3v) is 7.23. The molecule has 10 heteroatoms. The van der Waals surface area contributed by atoms with Crippen molar-refractivity contribution < 1.29 is 32.9 Å². The van der Waals surface area contributed by atoms with E-state index in [0.717, 1.165) is 10.6 Å². The zero-order valence-corrected chi connectivity index (χ0v) is 28.1. The van der Waals surface area contributed by atoms with E-state index in [-0.39, 0.29) is 25.6 Å². The first kappa shape index (κ1) is 34.4. The van der Waals surface area contributed by atoms with Crippen LogP contribution in [0.15, 0.2) is 72.2 Å². The lowest BCUT2D eigenvalue weighted by Gasteiger charge is -2.22. The Kier molecular flexibility index (Phi) is 11.1. The molecule has 0 aliphatic carbocycles. The molecule has 46 heavy (non-hydrogen) atoms. The van der Waals surface area contributed by atoms with Crippen molar-refractivity contribution in [2.45, 2.75) is 85.3 Å². The van der Waals surface area contributed by atoms with E-state index < -0.39 is 29.2 Å². The SMILES string of the molecule is CC(NC(=O)OC(C)(C)C)c1cccc(-c2cc(COc3ccccc3CC(=O)OC(C)(C)C)cc(OCc3nccs3)c2)c1F. The highest BCUT2D eigenvalue weighted by Crippen LogP contribution is 2.33. The van der Waals surface area contributed by atoms with Crippen molar-refractivity contribution in [2.24, 2.45) is 0 Å². The number of hydrogen-bond donors (Lipinski definition) is 1. The number of nitrogens with one attached hydrogen (secondary N) is 1. The predicted molar refractivity (Wildman–Crippen MR) is 176 cm³/mol. The molecule has 0 saturated carbocycles. The first-order valence-corrected chi connectivity index (χ1v) is 15.9. The van der Waals surface area contributed by atoms with E-state index in [9.17, 15) is 9.59 Å². The number of esters is 1. The topological polar surface area (TPSA) is 96.0 Å². The van der Waals surface area contributed by atoms with Crippen LogP contribution in [0.1, 0.15) is 76.2 Å². The van der Waals surface area contributed by atoms with Gasteiger partial charge in [0.05, 0.1) is 12.5 Å². The van der Waals surface area contributed by atoms with Crippen molar-refractivity contribution in [1.82, 2.24) is 10.3 Å². The van der Waals surface area contributed by atoms with Crippen LogP contribution >= 0.6 is 11.3 Å². The van der Waals surface area contributed by atoms with Crippen LogP contribution in [0.5, 0.6) is 11.5 Å². The molecule has 0 radical (unpaired) electrons. The summed E-state index contributed by atoms with van der Waals surface area (Å²) in [5, 5.41) is 5.39. The Morgan fingerprint density at radius 3 is 2.35 bits per heavy atom. The number of ether oxygens (including phenoxy) is 4. The Morgan fingerprint density at radius 2 is 1.65 bits per heavy atom. The highest BCUT2D eigenvalue weighted by atomic mass is 32.1. The Labute approximate surface area is 273 Å². The number of para-hydroxylation sites is 1. The molecule has 0 bridgehead atoms. The minimum Gasteiger partial charge on any atom is -0.489 e. The highest BCUT2D eigenvalue weighted by Gasteiger charge is 2.22. The zero-order valence-electron chi connectivity index (χ0n) is 27.3. The van der Waals surface area contributed by atoms with E-state index >= 15 is 4.39 Å². The quantitative estimate of drug-likeness (QED) is 0.163. The summed E-state index contributed by atoms with van der Waals surface area (Å²) >= 11 is 1.48. The van der Waals surface area contributed by atoms with E-state index in [1.165, 1.54) is 11.3 Å². The first-order chi connectivity index (χ1) is 21.7. The number of alkyl carbamates (subject to hydrolysis) is 1. The van der Waals surface area contributed by atoms with Crippen molar-refractivity contribution in [3.63, 3.8) is 0 Å². The highest BCUT2D eigenvalue weighted by molar-refractivity contribution is 7.09. The van der Waals surface area contributed by atoms with Gasteiger partial charge in [-0.05, 0) is 83.9 Å². The summed E-state index contributed by atoms with van der Waals surface area (Å²) < 4.78 is 39.2. The molecule has 0 aliphatic rings. The van der Waals surface area contributed by atoms with E-state index in [1.807, 2.05) is 56.5 Å². The monoisotopic (exact) mass is 648 g/mol. The molecule has 1 unspecified atom stereocenters. The van der Waals surface area contributed by atoms with Gasteiger partial charge in [0, 0.05) is 28.3 Å². The Morgan fingerprint density at radius 1 is 0.913 bits per heavy atom. The van der Waals surface area contributed by atoms with Gasteiger partial charge in [-0.2, -0.15) is 0 Å². The maximum absolute atomic E-state index is 16.1. The number of benzene rings is 3. The summed E-state index contributed by atoms with van der Waals surface area (Å²) in [6.07, 6.45) is 1.14. The summed E-state index contributed by atoms with van der Waals surface area (Å²) in [6.45, 7) is 12.9. The van der Waals surface area contributed by atoms with Gasteiger partial charge in [-0.3, -0.25) is 4.79 Å². The van der Waals surface area contributed by atoms with Gasteiger partial charge < -0.3 is 24.3 Å². The predicted octanol–water partition coefficient (Wildman–Crippen LogP) is 8.58. The van der Waals surface area contributed by atoms with Crippen molar-refractivity contribution >= 4 is 23.4 Å². The first-order valence-electron chi connectivity index (χ1n) is 15.0. The maximum atomic E-state index is 16.1. The fraction of sp³-hybridized carbons (Fsp3) is 0.361. The molecule has 1 heterocycles. The average molecular weight is 649 g/mol. The van der Waals surface area contributed by atoms with Gasteiger partial charge >= 0.3 is 12.1 Å². The van der Waals surface area contributed by atoms with Crippen molar-refractivity contribution in [3.05, 3.63) is 99.8 Å². The molecule has 3 aromatic carbocycles. The number of thiazole rings is 1. The number of amides is 1. The second kappa shape index (κ2) is 14.8. The zero-order chi connectivity index (χ0) is 33.5. The number of carbonyl (C=O) groups is 2.